The van der Waals surface area contributed by atoms with Crippen LogP contribution in [0.25, 0.3) is 0 Å². The molecule has 0 fully saturated rings. The molecule has 0 amide bonds. The van der Waals surface area contributed by atoms with Crippen LogP contribution in [0.2, 0.25) is 0 Å². The zero-order chi connectivity index (χ0) is 10.2. The second-order valence-corrected chi connectivity index (χ2v) is 7.75. The second-order valence-electron chi connectivity index (χ2n) is 2.53. The monoisotopic (exact) mass is 218 g/mol. The molecule has 0 bridgehead atoms. The minimum absolute atomic E-state index is 0.939. The lowest BCUT2D eigenvalue weighted by molar-refractivity contribution is 0.245. The molecule has 0 aromatic carbocycles. The molecule has 0 aromatic heterocycles. The summed E-state index contributed by atoms with van der Waals surface area (Å²) in [6.07, 6.45) is 0. The highest BCUT2D eigenvalue weighted by atomic mass is 31.2. The average Bonchev–Trinajstić information content (AvgIpc) is 1.83. The maximum Gasteiger partial charge on any atom is 0.338 e. The SMILES string of the molecule is CC(O)P(=O)(O)C(C)P(=O)(O)O. The van der Waals surface area contributed by atoms with E-state index in [9.17, 15) is 9.13 Å². The van der Waals surface area contributed by atoms with Crippen molar-refractivity contribution in [3.63, 3.8) is 0 Å². The Morgan fingerprint density at radius 3 is 1.50 bits per heavy atom. The van der Waals surface area contributed by atoms with Gasteiger partial charge in [-0.2, -0.15) is 0 Å². The molecular formula is C4H12O6P2. The highest BCUT2D eigenvalue weighted by molar-refractivity contribution is 7.74. The molecule has 0 rings (SSSR count). The summed E-state index contributed by atoms with van der Waals surface area (Å²) in [7, 11) is -8.79. The minimum atomic E-state index is -4.61. The van der Waals surface area contributed by atoms with E-state index in [0.29, 0.717) is 0 Å². The predicted octanol–water partition coefficient (Wildman–Crippen LogP) is 0.119. The molecule has 0 radical (unpaired) electrons. The van der Waals surface area contributed by atoms with Crippen LogP contribution >= 0.6 is 15.0 Å². The number of aliphatic hydroxyl groups is 1. The van der Waals surface area contributed by atoms with Crippen molar-refractivity contribution in [2.24, 2.45) is 0 Å². The molecule has 74 valence electrons. The molecule has 12 heavy (non-hydrogen) atoms. The summed E-state index contributed by atoms with van der Waals surface area (Å²) in [6.45, 7) is 1.96. The smallest absolute Gasteiger partial charge is 0.338 e. The third kappa shape index (κ3) is 2.66. The van der Waals surface area contributed by atoms with Crippen molar-refractivity contribution >= 4 is 15.0 Å². The van der Waals surface area contributed by atoms with Gasteiger partial charge >= 0.3 is 7.60 Å². The Morgan fingerprint density at radius 2 is 1.42 bits per heavy atom. The fourth-order valence-electron chi connectivity index (χ4n) is 0.528. The Kier molecular flexibility index (Phi) is 3.67. The van der Waals surface area contributed by atoms with Crippen molar-refractivity contribution in [3.05, 3.63) is 0 Å². The van der Waals surface area contributed by atoms with Crippen molar-refractivity contribution in [1.82, 2.24) is 0 Å². The molecule has 0 aromatic rings. The van der Waals surface area contributed by atoms with Gasteiger partial charge in [0.15, 0.2) is 0 Å². The molecule has 3 atom stereocenters. The van der Waals surface area contributed by atoms with E-state index in [1.54, 1.807) is 0 Å². The van der Waals surface area contributed by atoms with Crippen LogP contribution in [0.4, 0.5) is 0 Å². The van der Waals surface area contributed by atoms with Crippen LogP contribution < -0.4 is 0 Å². The molecule has 0 saturated carbocycles. The van der Waals surface area contributed by atoms with Gasteiger partial charge in [0.25, 0.3) is 0 Å². The van der Waals surface area contributed by atoms with E-state index in [1.807, 2.05) is 0 Å². The first-order valence-corrected chi connectivity index (χ1v) is 6.63. The number of rotatable bonds is 3. The lowest BCUT2D eigenvalue weighted by Crippen LogP contribution is -2.13. The van der Waals surface area contributed by atoms with Crippen LogP contribution in [0.3, 0.4) is 0 Å². The summed E-state index contributed by atoms with van der Waals surface area (Å²) in [6, 6.07) is 0. The van der Waals surface area contributed by atoms with E-state index in [0.717, 1.165) is 13.8 Å². The first-order valence-electron chi connectivity index (χ1n) is 3.15. The topological polar surface area (TPSA) is 115 Å². The maximum atomic E-state index is 11.1. The van der Waals surface area contributed by atoms with E-state index >= 15 is 0 Å². The van der Waals surface area contributed by atoms with Gasteiger partial charge in [0.1, 0.15) is 11.2 Å². The van der Waals surface area contributed by atoms with E-state index in [4.69, 9.17) is 19.8 Å². The van der Waals surface area contributed by atoms with Gasteiger partial charge in [-0.3, -0.25) is 9.13 Å². The van der Waals surface area contributed by atoms with E-state index in [-0.39, 0.29) is 0 Å². The largest absolute Gasteiger partial charge is 0.383 e. The second kappa shape index (κ2) is 3.58. The number of hydrogen-bond donors (Lipinski definition) is 4. The molecule has 8 heteroatoms. The predicted molar refractivity (Wildman–Crippen MR) is 43.0 cm³/mol. The van der Waals surface area contributed by atoms with Crippen LogP contribution in [0.15, 0.2) is 0 Å². The summed E-state index contributed by atoms with van der Waals surface area (Å²) in [5, 5.41) is 7.04. The number of hydrogen-bond acceptors (Lipinski definition) is 3. The van der Waals surface area contributed by atoms with Crippen LogP contribution in [0.5, 0.6) is 0 Å². The molecule has 0 aliphatic carbocycles. The normalized spacial score (nSPS) is 22.8. The summed E-state index contributed by atoms with van der Waals surface area (Å²) in [4.78, 5) is 26.1. The van der Waals surface area contributed by atoms with Crippen molar-refractivity contribution < 1.29 is 28.9 Å². The molecule has 3 unspecified atom stereocenters. The summed E-state index contributed by atoms with van der Waals surface area (Å²) in [5.74, 6) is -1.62. The van der Waals surface area contributed by atoms with Crippen LogP contribution in [0.1, 0.15) is 13.8 Å². The Balaban J connectivity index is 4.83. The molecule has 0 aliphatic rings. The highest BCUT2D eigenvalue weighted by Gasteiger charge is 2.43. The highest BCUT2D eigenvalue weighted by Crippen LogP contribution is 2.63. The molecular weight excluding hydrogens is 206 g/mol. The molecule has 0 aliphatic heterocycles. The van der Waals surface area contributed by atoms with Gasteiger partial charge in [0.05, 0.1) is 0 Å². The van der Waals surface area contributed by atoms with E-state index in [1.165, 1.54) is 0 Å². The molecule has 4 N–H and O–H groups in total. The third-order valence-electron chi connectivity index (χ3n) is 1.56. The fourth-order valence-corrected chi connectivity index (χ4v) is 3.46. The number of aliphatic hydroxyl groups excluding tert-OH is 1. The van der Waals surface area contributed by atoms with Gasteiger partial charge in [-0.15, -0.1) is 0 Å². The van der Waals surface area contributed by atoms with E-state index in [2.05, 4.69) is 0 Å². The summed E-state index contributed by atoms with van der Waals surface area (Å²) < 4.78 is 21.6. The average molecular weight is 218 g/mol. The fraction of sp³-hybridized carbons (Fsp3) is 1.00. The molecule has 0 heterocycles. The first-order chi connectivity index (χ1) is 5.10. The van der Waals surface area contributed by atoms with Crippen LogP contribution in [0, 0.1) is 0 Å². The minimum Gasteiger partial charge on any atom is -0.383 e. The van der Waals surface area contributed by atoms with Crippen molar-refractivity contribution in [2.75, 3.05) is 0 Å². The lowest BCUT2D eigenvalue weighted by Gasteiger charge is -2.21. The maximum absolute atomic E-state index is 11.1. The Morgan fingerprint density at radius 1 is 1.08 bits per heavy atom. The quantitative estimate of drug-likeness (QED) is 0.500. The summed E-state index contributed by atoms with van der Waals surface area (Å²) in [5.41, 5.74) is 0. The van der Waals surface area contributed by atoms with Gasteiger partial charge in [-0.1, -0.05) is 0 Å². The Labute approximate surface area is 69.9 Å². The summed E-state index contributed by atoms with van der Waals surface area (Å²) >= 11 is 0. The Hall–Kier alpha value is 0.300. The van der Waals surface area contributed by atoms with Gasteiger partial charge in [0.2, 0.25) is 7.37 Å². The molecule has 6 nitrogen and oxygen atoms in total. The standard InChI is InChI=1S/C4H12O6P2/c1-3(5)11(6,7)4(2)12(8,9)10/h3-5H,1-2H3,(H,6,7)(H2,8,9,10). The van der Waals surface area contributed by atoms with Gasteiger partial charge < -0.3 is 19.8 Å². The Bertz CT molecular complexity index is 242. The first kappa shape index (κ1) is 12.3. The van der Waals surface area contributed by atoms with E-state index < -0.39 is 26.2 Å². The van der Waals surface area contributed by atoms with Crippen molar-refractivity contribution in [2.45, 2.75) is 25.1 Å². The van der Waals surface area contributed by atoms with Crippen molar-refractivity contribution in [1.29, 1.82) is 0 Å². The molecule has 0 spiro atoms. The third-order valence-corrected chi connectivity index (χ3v) is 6.57. The van der Waals surface area contributed by atoms with Gasteiger partial charge in [-0.05, 0) is 13.8 Å². The zero-order valence-electron chi connectivity index (χ0n) is 6.65. The lowest BCUT2D eigenvalue weighted by atomic mass is 10.9. The van der Waals surface area contributed by atoms with Gasteiger partial charge in [0, 0.05) is 0 Å². The zero-order valence-corrected chi connectivity index (χ0v) is 8.44. The van der Waals surface area contributed by atoms with Crippen molar-refractivity contribution in [3.8, 4) is 0 Å². The van der Waals surface area contributed by atoms with Gasteiger partial charge in [-0.25, -0.2) is 0 Å². The van der Waals surface area contributed by atoms with Crippen LogP contribution in [-0.4, -0.2) is 31.0 Å². The van der Waals surface area contributed by atoms with Crippen LogP contribution in [-0.2, 0) is 9.13 Å². The molecule has 0 saturated heterocycles.